The molecule has 1 aromatic rings. The fraction of sp³-hybridized carbons (Fsp3) is 0.611. The number of nitrogens with zero attached hydrogens (tertiary/aromatic N) is 3. The fourth-order valence-electron chi connectivity index (χ4n) is 3.62. The number of likely N-dealkylation sites (N-methyl/N-ethyl adjacent to an activating group) is 1. The van der Waals surface area contributed by atoms with Crippen molar-refractivity contribution in [2.45, 2.75) is 24.2 Å². The maximum Gasteiger partial charge on any atom is 0.243 e. The van der Waals surface area contributed by atoms with E-state index in [1.807, 2.05) is 4.90 Å². The Balaban J connectivity index is 1.60. The lowest BCUT2D eigenvalue weighted by Crippen LogP contribution is -2.45. The third-order valence-electron chi connectivity index (χ3n) is 5.29. The first kappa shape index (κ1) is 19.3. The maximum atomic E-state index is 13.0. The minimum Gasteiger partial charge on any atom is -0.341 e. The van der Waals surface area contributed by atoms with Crippen LogP contribution in [0.2, 0.25) is 0 Å². The molecule has 26 heavy (non-hydrogen) atoms. The number of benzene rings is 1. The molecule has 1 amide bonds. The van der Waals surface area contributed by atoms with E-state index in [2.05, 4.69) is 11.9 Å². The van der Waals surface area contributed by atoms with E-state index in [-0.39, 0.29) is 16.7 Å². The number of hydrogen-bond acceptors (Lipinski definition) is 4. The Bertz CT molecular complexity index is 731. The molecule has 2 saturated heterocycles. The predicted molar refractivity (Wildman–Crippen MR) is 96.6 cm³/mol. The molecule has 0 aliphatic carbocycles. The molecule has 6 nitrogen and oxygen atoms in total. The van der Waals surface area contributed by atoms with E-state index in [0.717, 1.165) is 44.7 Å². The second kappa shape index (κ2) is 8.02. The topological polar surface area (TPSA) is 60.9 Å². The third-order valence-corrected chi connectivity index (χ3v) is 7.20. The van der Waals surface area contributed by atoms with E-state index in [9.17, 15) is 17.6 Å². The molecule has 144 valence electrons. The molecule has 0 unspecified atom stereocenters. The molecular weight excluding hydrogens is 357 g/mol. The van der Waals surface area contributed by atoms with Gasteiger partial charge >= 0.3 is 0 Å². The van der Waals surface area contributed by atoms with E-state index in [0.29, 0.717) is 25.9 Å². The van der Waals surface area contributed by atoms with Crippen molar-refractivity contribution in [3.8, 4) is 0 Å². The molecule has 0 radical (unpaired) electrons. The van der Waals surface area contributed by atoms with Crippen molar-refractivity contribution < 1.29 is 17.6 Å². The Hall–Kier alpha value is -1.51. The van der Waals surface area contributed by atoms with Gasteiger partial charge in [-0.15, -0.1) is 0 Å². The molecule has 1 aromatic carbocycles. The second-order valence-electron chi connectivity index (χ2n) is 7.11. The molecular formula is C18H26FN3O3S. The summed E-state index contributed by atoms with van der Waals surface area (Å²) in [5.41, 5.74) is 0. The number of piperidine rings is 1. The lowest BCUT2D eigenvalue weighted by molar-refractivity contribution is -0.136. The molecule has 2 fully saturated rings. The Kier molecular flexibility index (Phi) is 5.94. The van der Waals surface area contributed by atoms with Gasteiger partial charge < -0.3 is 9.80 Å². The smallest absolute Gasteiger partial charge is 0.243 e. The third kappa shape index (κ3) is 4.24. The molecule has 0 aromatic heterocycles. The van der Waals surface area contributed by atoms with Gasteiger partial charge in [0.1, 0.15) is 5.82 Å². The summed E-state index contributed by atoms with van der Waals surface area (Å²) in [6.45, 7) is 4.04. The van der Waals surface area contributed by atoms with Crippen LogP contribution in [0.5, 0.6) is 0 Å². The number of amides is 1. The van der Waals surface area contributed by atoms with Crippen LogP contribution in [-0.2, 0) is 14.8 Å². The van der Waals surface area contributed by atoms with Gasteiger partial charge in [-0.05, 0) is 57.1 Å². The van der Waals surface area contributed by atoms with Crippen molar-refractivity contribution in [2.24, 2.45) is 5.92 Å². The molecule has 2 heterocycles. The van der Waals surface area contributed by atoms with Crippen LogP contribution in [0.3, 0.4) is 0 Å². The average Bonchev–Trinajstić information content (AvgIpc) is 2.86. The zero-order valence-corrected chi connectivity index (χ0v) is 15.9. The van der Waals surface area contributed by atoms with Crippen molar-refractivity contribution in [1.82, 2.24) is 14.1 Å². The summed E-state index contributed by atoms with van der Waals surface area (Å²) in [6, 6.07) is 4.88. The highest BCUT2D eigenvalue weighted by Crippen LogP contribution is 2.25. The first-order valence-corrected chi connectivity index (χ1v) is 10.5. The van der Waals surface area contributed by atoms with Gasteiger partial charge in [-0.2, -0.15) is 4.31 Å². The van der Waals surface area contributed by atoms with Gasteiger partial charge in [-0.25, -0.2) is 12.8 Å². The highest BCUT2D eigenvalue weighted by atomic mass is 32.2. The second-order valence-corrected chi connectivity index (χ2v) is 9.05. The fourth-order valence-corrected chi connectivity index (χ4v) is 5.09. The molecule has 0 N–H and O–H groups in total. The summed E-state index contributed by atoms with van der Waals surface area (Å²) in [7, 11) is -1.57. The first-order chi connectivity index (χ1) is 12.4. The monoisotopic (exact) mass is 383 g/mol. The lowest BCUT2D eigenvalue weighted by Gasteiger charge is -2.33. The summed E-state index contributed by atoms with van der Waals surface area (Å²) >= 11 is 0. The van der Waals surface area contributed by atoms with E-state index >= 15 is 0 Å². The van der Waals surface area contributed by atoms with Gasteiger partial charge in [-0.1, -0.05) is 0 Å². The maximum absolute atomic E-state index is 13.0. The van der Waals surface area contributed by atoms with Gasteiger partial charge in [0.15, 0.2) is 0 Å². The van der Waals surface area contributed by atoms with Crippen LogP contribution in [-0.4, -0.2) is 74.7 Å². The number of halogens is 1. The molecule has 0 spiro atoms. The quantitative estimate of drug-likeness (QED) is 0.792. The molecule has 0 bridgehead atoms. The zero-order chi connectivity index (χ0) is 18.7. The summed E-state index contributed by atoms with van der Waals surface area (Å²) in [4.78, 5) is 17.0. The number of carbonyl (C=O) groups is 1. The summed E-state index contributed by atoms with van der Waals surface area (Å²) < 4.78 is 39.8. The minimum atomic E-state index is -3.63. The molecule has 8 heteroatoms. The van der Waals surface area contributed by atoms with Crippen LogP contribution in [0.25, 0.3) is 0 Å². The van der Waals surface area contributed by atoms with Gasteiger partial charge in [-0.3, -0.25) is 4.79 Å². The van der Waals surface area contributed by atoms with Crippen molar-refractivity contribution in [3.05, 3.63) is 30.1 Å². The van der Waals surface area contributed by atoms with Gasteiger partial charge in [0, 0.05) is 38.6 Å². The number of rotatable bonds is 3. The number of sulfonamides is 1. The van der Waals surface area contributed by atoms with Crippen LogP contribution in [0.1, 0.15) is 19.3 Å². The molecule has 3 rings (SSSR count). The predicted octanol–water partition coefficient (Wildman–Crippen LogP) is 1.39. The van der Waals surface area contributed by atoms with E-state index in [1.54, 1.807) is 0 Å². The van der Waals surface area contributed by atoms with E-state index in [1.165, 1.54) is 16.4 Å². The lowest BCUT2D eigenvalue weighted by atomic mass is 9.96. The van der Waals surface area contributed by atoms with Crippen LogP contribution < -0.4 is 0 Å². The van der Waals surface area contributed by atoms with Crippen molar-refractivity contribution >= 4 is 15.9 Å². The Morgan fingerprint density at radius 2 is 1.65 bits per heavy atom. The first-order valence-electron chi connectivity index (χ1n) is 9.11. The van der Waals surface area contributed by atoms with Gasteiger partial charge in [0.05, 0.1) is 4.90 Å². The van der Waals surface area contributed by atoms with Crippen LogP contribution in [0, 0.1) is 11.7 Å². The van der Waals surface area contributed by atoms with Crippen molar-refractivity contribution in [2.75, 3.05) is 46.3 Å². The molecule has 2 aliphatic heterocycles. The van der Waals surface area contributed by atoms with E-state index < -0.39 is 15.8 Å². The largest absolute Gasteiger partial charge is 0.341 e. The molecule has 0 saturated carbocycles. The number of carbonyl (C=O) groups excluding carboxylic acids is 1. The van der Waals surface area contributed by atoms with Gasteiger partial charge in [0.25, 0.3) is 0 Å². The van der Waals surface area contributed by atoms with Crippen LogP contribution in [0.4, 0.5) is 4.39 Å². The van der Waals surface area contributed by atoms with Crippen LogP contribution in [0.15, 0.2) is 29.2 Å². The summed E-state index contributed by atoms with van der Waals surface area (Å²) in [5, 5.41) is 0. The molecule has 2 aliphatic rings. The average molecular weight is 383 g/mol. The Morgan fingerprint density at radius 3 is 2.31 bits per heavy atom. The Morgan fingerprint density at radius 1 is 1.00 bits per heavy atom. The number of hydrogen-bond donors (Lipinski definition) is 0. The standard InChI is InChI=1S/C18H26FN3O3S/c1-20-9-2-10-21(14-13-20)18(23)15-7-11-22(12-8-15)26(24,25)17-5-3-16(19)4-6-17/h3-6,15H,2,7-14H2,1H3. The highest BCUT2D eigenvalue weighted by molar-refractivity contribution is 7.89. The normalized spacial score (nSPS) is 21.5. The highest BCUT2D eigenvalue weighted by Gasteiger charge is 2.34. The van der Waals surface area contributed by atoms with Crippen molar-refractivity contribution in [1.29, 1.82) is 0 Å². The zero-order valence-electron chi connectivity index (χ0n) is 15.1. The van der Waals surface area contributed by atoms with Gasteiger partial charge in [0.2, 0.25) is 15.9 Å². The Labute approximate surface area is 154 Å². The SMILES string of the molecule is CN1CCCN(C(=O)C2CCN(S(=O)(=O)c3ccc(F)cc3)CC2)CC1. The minimum absolute atomic E-state index is 0.0965. The van der Waals surface area contributed by atoms with Crippen molar-refractivity contribution in [3.63, 3.8) is 0 Å². The molecule has 0 atom stereocenters. The van der Waals surface area contributed by atoms with Crippen LogP contribution >= 0.6 is 0 Å². The van der Waals surface area contributed by atoms with E-state index in [4.69, 9.17) is 0 Å². The summed E-state index contributed by atoms with van der Waals surface area (Å²) in [5.74, 6) is -0.423. The summed E-state index contributed by atoms with van der Waals surface area (Å²) in [6.07, 6.45) is 2.04.